The number of hydrogen-bond donors (Lipinski definition) is 1. The van der Waals surface area contributed by atoms with E-state index in [0.29, 0.717) is 13.1 Å². The Morgan fingerprint density at radius 2 is 2.08 bits per heavy atom. The van der Waals surface area contributed by atoms with E-state index in [1.807, 2.05) is 6.20 Å². The first-order chi connectivity index (χ1) is 11.9. The second kappa shape index (κ2) is 7.40. The van der Waals surface area contributed by atoms with Gasteiger partial charge in [-0.3, -0.25) is 4.79 Å². The molecule has 1 amide bonds. The second-order valence-corrected chi connectivity index (χ2v) is 6.78. The van der Waals surface area contributed by atoms with Crippen LogP contribution in [0.1, 0.15) is 24.6 Å². The summed E-state index contributed by atoms with van der Waals surface area (Å²) in [6, 6.07) is 6.30. The molecule has 1 aliphatic rings. The van der Waals surface area contributed by atoms with Crippen LogP contribution < -0.4 is 4.74 Å². The zero-order valence-electron chi connectivity index (χ0n) is 13.4. The van der Waals surface area contributed by atoms with Crippen LogP contribution in [0.25, 0.3) is 0 Å². The summed E-state index contributed by atoms with van der Waals surface area (Å²) in [5.41, 5.74) is 1.79. The quantitative estimate of drug-likeness (QED) is 0.848. The van der Waals surface area contributed by atoms with Gasteiger partial charge in [0, 0.05) is 35.1 Å². The van der Waals surface area contributed by atoms with Gasteiger partial charge in [0.15, 0.2) is 0 Å². The smallest absolute Gasteiger partial charge is 0.387 e. The summed E-state index contributed by atoms with van der Waals surface area (Å²) in [6.45, 7) is -0.355. The standard InChI is InChI=1S/C16H17F2N3O3S/c1-10(22)6-15(23)20-7-11-8-21(19-14(11)9-20)25-13-4-2-12(3-5-13)24-16(17)18/h2-5,8,10,16,22H,6-7,9H2,1H3. The third-order valence-electron chi connectivity index (χ3n) is 3.63. The molecule has 1 aromatic heterocycles. The fourth-order valence-electron chi connectivity index (χ4n) is 2.52. The van der Waals surface area contributed by atoms with E-state index in [0.717, 1.165) is 16.2 Å². The summed E-state index contributed by atoms with van der Waals surface area (Å²) in [6.07, 6.45) is 1.29. The van der Waals surface area contributed by atoms with E-state index in [4.69, 9.17) is 0 Å². The Hall–Kier alpha value is -2.13. The number of fused-ring (bicyclic) bond motifs is 1. The minimum atomic E-state index is -2.84. The lowest BCUT2D eigenvalue weighted by molar-refractivity contribution is -0.133. The van der Waals surface area contributed by atoms with Crippen molar-refractivity contribution in [3.05, 3.63) is 41.7 Å². The Kier molecular flexibility index (Phi) is 5.24. The molecule has 0 fully saturated rings. The largest absolute Gasteiger partial charge is 0.435 e. The van der Waals surface area contributed by atoms with Crippen molar-refractivity contribution in [2.45, 2.75) is 44.0 Å². The van der Waals surface area contributed by atoms with Crippen LogP contribution in [0, 0.1) is 0 Å². The molecule has 134 valence electrons. The Bertz CT molecular complexity index is 726. The number of benzene rings is 1. The minimum absolute atomic E-state index is 0.0955. The molecule has 2 heterocycles. The first-order valence-corrected chi connectivity index (χ1v) is 8.44. The first kappa shape index (κ1) is 17.7. The summed E-state index contributed by atoms with van der Waals surface area (Å²) in [5.74, 6) is 0.0106. The third-order valence-corrected chi connectivity index (χ3v) is 4.49. The Morgan fingerprint density at radius 1 is 1.36 bits per heavy atom. The van der Waals surface area contributed by atoms with E-state index in [1.165, 1.54) is 24.1 Å². The van der Waals surface area contributed by atoms with Gasteiger partial charge in [0.25, 0.3) is 0 Å². The highest BCUT2D eigenvalue weighted by Crippen LogP contribution is 2.28. The molecule has 0 aliphatic carbocycles. The number of alkyl halides is 2. The Labute approximate surface area is 147 Å². The molecular weight excluding hydrogens is 352 g/mol. The van der Waals surface area contributed by atoms with Crippen molar-refractivity contribution in [2.75, 3.05) is 0 Å². The van der Waals surface area contributed by atoms with E-state index >= 15 is 0 Å². The van der Waals surface area contributed by atoms with Crippen LogP contribution in [0.5, 0.6) is 5.75 Å². The molecule has 3 rings (SSSR count). The van der Waals surface area contributed by atoms with E-state index in [2.05, 4.69) is 9.84 Å². The lowest BCUT2D eigenvalue weighted by atomic mass is 10.2. The van der Waals surface area contributed by atoms with Crippen molar-refractivity contribution >= 4 is 17.9 Å². The molecule has 0 saturated carbocycles. The zero-order chi connectivity index (χ0) is 18.0. The summed E-state index contributed by atoms with van der Waals surface area (Å²) < 4.78 is 30.3. The van der Waals surface area contributed by atoms with Crippen molar-refractivity contribution in [2.24, 2.45) is 0 Å². The number of rotatable bonds is 6. The number of aliphatic hydroxyl groups is 1. The van der Waals surface area contributed by atoms with E-state index in [1.54, 1.807) is 28.0 Å². The molecule has 0 spiro atoms. The van der Waals surface area contributed by atoms with Crippen LogP contribution >= 0.6 is 11.9 Å². The molecule has 0 radical (unpaired) electrons. The van der Waals surface area contributed by atoms with Crippen LogP contribution in [0.15, 0.2) is 35.4 Å². The van der Waals surface area contributed by atoms with Gasteiger partial charge in [-0.2, -0.15) is 13.9 Å². The predicted octanol–water partition coefficient (Wildman–Crippen LogP) is 2.65. The van der Waals surface area contributed by atoms with Crippen molar-refractivity contribution in [1.29, 1.82) is 0 Å². The molecule has 0 saturated heterocycles. The normalized spacial score (nSPS) is 14.7. The van der Waals surface area contributed by atoms with Gasteiger partial charge in [-0.25, -0.2) is 4.09 Å². The highest BCUT2D eigenvalue weighted by Gasteiger charge is 2.27. The van der Waals surface area contributed by atoms with Gasteiger partial charge in [-0.1, -0.05) is 0 Å². The molecule has 0 bridgehead atoms. The monoisotopic (exact) mass is 369 g/mol. The molecule has 1 aromatic carbocycles. The predicted molar refractivity (Wildman–Crippen MR) is 87.1 cm³/mol. The van der Waals surface area contributed by atoms with Gasteiger partial charge in [0.1, 0.15) is 5.75 Å². The average Bonchev–Trinajstić information content (AvgIpc) is 3.06. The number of carbonyl (C=O) groups is 1. The maximum atomic E-state index is 12.1. The number of amides is 1. The van der Waals surface area contributed by atoms with Gasteiger partial charge in [0.2, 0.25) is 5.91 Å². The highest BCUT2D eigenvalue weighted by molar-refractivity contribution is 7.97. The number of aromatic nitrogens is 2. The fraction of sp³-hybridized carbons (Fsp3) is 0.375. The van der Waals surface area contributed by atoms with Crippen LogP contribution in [-0.4, -0.2) is 37.8 Å². The van der Waals surface area contributed by atoms with Gasteiger partial charge < -0.3 is 14.7 Å². The van der Waals surface area contributed by atoms with Crippen LogP contribution in [0.3, 0.4) is 0 Å². The Morgan fingerprint density at radius 3 is 2.68 bits per heavy atom. The maximum Gasteiger partial charge on any atom is 0.387 e. The number of nitrogens with zero attached hydrogens (tertiary/aromatic N) is 3. The molecular formula is C16H17F2N3O3S. The fourth-order valence-corrected chi connectivity index (χ4v) is 3.32. The van der Waals surface area contributed by atoms with Crippen LogP contribution in [-0.2, 0) is 17.9 Å². The molecule has 1 atom stereocenters. The van der Waals surface area contributed by atoms with Crippen LogP contribution in [0.2, 0.25) is 0 Å². The number of carbonyl (C=O) groups excluding carboxylic acids is 1. The molecule has 6 nitrogen and oxygen atoms in total. The van der Waals surface area contributed by atoms with Crippen molar-refractivity contribution in [1.82, 2.24) is 14.1 Å². The van der Waals surface area contributed by atoms with Gasteiger partial charge in [0.05, 0.1) is 24.8 Å². The van der Waals surface area contributed by atoms with Gasteiger partial charge >= 0.3 is 6.61 Å². The minimum Gasteiger partial charge on any atom is -0.435 e. The first-order valence-electron chi connectivity index (χ1n) is 7.67. The summed E-state index contributed by atoms with van der Waals surface area (Å²) in [4.78, 5) is 14.5. The van der Waals surface area contributed by atoms with Crippen LogP contribution in [0.4, 0.5) is 8.78 Å². The molecule has 25 heavy (non-hydrogen) atoms. The van der Waals surface area contributed by atoms with Crippen molar-refractivity contribution < 1.29 is 23.4 Å². The molecule has 9 heteroatoms. The number of halogens is 2. The average molecular weight is 369 g/mol. The molecule has 1 unspecified atom stereocenters. The summed E-state index contributed by atoms with van der Waals surface area (Å²) in [5, 5.41) is 13.7. The van der Waals surface area contributed by atoms with Crippen molar-refractivity contribution in [3.8, 4) is 5.75 Å². The molecule has 1 aliphatic heterocycles. The maximum absolute atomic E-state index is 12.1. The third kappa shape index (κ3) is 4.49. The van der Waals surface area contributed by atoms with E-state index in [-0.39, 0.29) is 18.1 Å². The number of hydrogen-bond acceptors (Lipinski definition) is 5. The Balaban J connectivity index is 1.60. The van der Waals surface area contributed by atoms with Gasteiger partial charge in [-0.05, 0) is 31.2 Å². The van der Waals surface area contributed by atoms with E-state index in [9.17, 15) is 18.7 Å². The van der Waals surface area contributed by atoms with E-state index < -0.39 is 12.7 Å². The lowest BCUT2D eigenvalue weighted by Gasteiger charge is -2.16. The topological polar surface area (TPSA) is 67.6 Å². The highest BCUT2D eigenvalue weighted by atomic mass is 32.2. The molecule has 1 N–H and O–H groups in total. The number of aliphatic hydroxyl groups excluding tert-OH is 1. The second-order valence-electron chi connectivity index (χ2n) is 5.75. The van der Waals surface area contributed by atoms with Gasteiger partial charge in [-0.15, -0.1) is 0 Å². The lowest BCUT2D eigenvalue weighted by Crippen LogP contribution is -2.28. The zero-order valence-corrected chi connectivity index (χ0v) is 14.2. The van der Waals surface area contributed by atoms with Crippen molar-refractivity contribution in [3.63, 3.8) is 0 Å². The SMILES string of the molecule is CC(O)CC(=O)N1Cc2cn(Sc3ccc(OC(F)F)cc3)nc2C1. The summed E-state index contributed by atoms with van der Waals surface area (Å²) >= 11 is 1.34. The molecule has 2 aromatic rings. The summed E-state index contributed by atoms with van der Waals surface area (Å²) in [7, 11) is 0. The number of ether oxygens (including phenoxy) is 1.